The lowest BCUT2D eigenvalue weighted by Crippen LogP contribution is -2.44. The Labute approximate surface area is 241 Å². The van der Waals surface area contributed by atoms with Crippen LogP contribution in [0.25, 0.3) is 10.9 Å². The van der Waals surface area contributed by atoms with Crippen LogP contribution in [-0.2, 0) is 17.8 Å². The van der Waals surface area contributed by atoms with E-state index in [0.29, 0.717) is 43.1 Å². The van der Waals surface area contributed by atoms with Gasteiger partial charge < -0.3 is 29.0 Å². The van der Waals surface area contributed by atoms with Crippen LogP contribution in [0, 0.1) is 0 Å². The van der Waals surface area contributed by atoms with E-state index in [9.17, 15) is 9.59 Å². The first-order valence-corrected chi connectivity index (χ1v) is 13.9. The number of hydrogen-bond acceptors (Lipinski definition) is 5. The number of hydrogen-bond donors (Lipinski definition) is 1. The second kappa shape index (κ2) is 14.3. The van der Waals surface area contributed by atoms with Gasteiger partial charge in [-0.15, -0.1) is 0 Å². The third kappa shape index (κ3) is 7.20. The van der Waals surface area contributed by atoms with Gasteiger partial charge in [-0.1, -0.05) is 49.7 Å². The normalized spacial score (nSPS) is 10.8. The summed E-state index contributed by atoms with van der Waals surface area (Å²) in [5, 5.41) is 1.14. The third-order valence-corrected chi connectivity index (χ3v) is 7.27. The molecule has 1 aromatic heterocycles. The summed E-state index contributed by atoms with van der Waals surface area (Å²) < 4.78 is 16.4. The molecule has 0 unspecified atom stereocenters. The highest BCUT2D eigenvalue weighted by molar-refractivity contribution is 5.99. The number of ether oxygens (including phenoxy) is 3. The Kier molecular flexibility index (Phi) is 10.3. The average molecular weight is 558 g/mol. The molecule has 0 bridgehead atoms. The molecule has 4 aromatic rings. The number of nitrogens with one attached hydrogen (secondary N) is 1. The van der Waals surface area contributed by atoms with Crippen LogP contribution in [0.2, 0.25) is 0 Å². The highest BCUT2D eigenvalue weighted by atomic mass is 16.5. The SMILES string of the molecule is CCCCN(CC(=O)N(CCc1c[nH]c2ccccc12)Cc1ccccc1OC)C(=O)c1ccc(OC)cc1OC. The maximum Gasteiger partial charge on any atom is 0.258 e. The van der Waals surface area contributed by atoms with Crippen molar-refractivity contribution in [2.24, 2.45) is 0 Å². The first kappa shape index (κ1) is 29.5. The second-order valence-electron chi connectivity index (χ2n) is 9.88. The summed E-state index contributed by atoms with van der Waals surface area (Å²) in [6, 6.07) is 20.9. The van der Waals surface area contributed by atoms with Crippen molar-refractivity contribution in [2.75, 3.05) is 41.0 Å². The molecule has 0 spiro atoms. The van der Waals surface area contributed by atoms with Crippen molar-refractivity contribution in [1.82, 2.24) is 14.8 Å². The number of methoxy groups -OCH3 is 3. The van der Waals surface area contributed by atoms with E-state index in [0.717, 1.165) is 40.6 Å². The minimum atomic E-state index is -0.250. The van der Waals surface area contributed by atoms with Gasteiger partial charge in [0.25, 0.3) is 5.91 Å². The van der Waals surface area contributed by atoms with Crippen LogP contribution in [-0.4, -0.2) is 67.6 Å². The van der Waals surface area contributed by atoms with E-state index in [1.54, 1.807) is 37.3 Å². The van der Waals surface area contributed by atoms with Gasteiger partial charge in [-0.3, -0.25) is 9.59 Å². The van der Waals surface area contributed by atoms with Crippen LogP contribution in [0.15, 0.2) is 72.9 Å². The second-order valence-corrected chi connectivity index (χ2v) is 9.88. The number of benzene rings is 3. The predicted octanol–water partition coefficient (Wildman–Crippen LogP) is 5.71. The van der Waals surface area contributed by atoms with Gasteiger partial charge in [0.05, 0.1) is 26.9 Å². The minimum Gasteiger partial charge on any atom is -0.497 e. The largest absolute Gasteiger partial charge is 0.497 e. The zero-order valence-corrected chi connectivity index (χ0v) is 24.3. The number of nitrogens with zero attached hydrogens (tertiary/aromatic N) is 2. The Morgan fingerprint density at radius 2 is 1.56 bits per heavy atom. The van der Waals surface area contributed by atoms with Crippen molar-refractivity contribution in [2.45, 2.75) is 32.7 Å². The molecular formula is C33H39N3O5. The number of unbranched alkanes of at least 4 members (excludes halogenated alkanes) is 1. The van der Waals surface area contributed by atoms with Gasteiger partial charge in [0.15, 0.2) is 0 Å². The van der Waals surface area contributed by atoms with Gasteiger partial charge in [-0.05, 0) is 42.7 Å². The highest BCUT2D eigenvalue weighted by Gasteiger charge is 2.25. The van der Waals surface area contributed by atoms with Crippen LogP contribution >= 0.6 is 0 Å². The van der Waals surface area contributed by atoms with E-state index in [2.05, 4.69) is 18.0 Å². The summed E-state index contributed by atoms with van der Waals surface area (Å²) in [6.45, 7) is 3.33. The van der Waals surface area contributed by atoms with Gasteiger partial charge >= 0.3 is 0 Å². The number of para-hydroxylation sites is 2. The molecular weight excluding hydrogens is 518 g/mol. The third-order valence-electron chi connectivity index (χ3n) is 7.27. The fourth-order valence-electron chi connectivity index (χ4n) is 4.94. The zero-order chi connectivity index (χ0) is 29.2. The molecule has 216 valence electrons. The highest BCUT2D eigenvalue weighted by Crippen LogP contribution is 2.27. The fraction of sp³-hybridized carbons (Fsp3) is 0.333. The molecule has 0 aliphatic heterocycles. The lowest BCUT2D eigenvalue weighted by Gasteiger charge is -2.29. The molecule has 0 aliphatic rings. The fourth-order valence-corrected chi connectivity index (χ4v) is 4.94. The molecule has 8 heteroatoms. The first-order chi connectivity index (χ1) is 20.0. The first-order valence-electron chi connectivity index (χ1n) is 13.9. The van der Waals surface area contributed by atoms with E-state index in [-0.39, 0.29) is 18.4 Å². The summed E-state index contributed by atoms with van der Waals surface area (Å²) in [5.41, 5.74) is 3.51. The number of aromatic amines is 1. The molecule has 0 fully saturated rings. The van der Waals surface area contributed by atoms with Crippen LogP contribution in [0.4, 0.5) is 0 Å². The Morgan fingerprint density at radius 1 is 0.805 bits per heavy atom. The van der Waals surface area contributed by atoms with E-state index in [1.807, 2.05) is 53.6 Å². The average Bonchev–Trinajstić information content (AvgIpc) is 3.43. The van der Waals surface area contributed by atoms with Gasteiger partial charge in [-0.2, -0.15) is 0 Å². The smallest absolute Gasteiger partial charge is 0.258 e. The molecule has 4 rings (SSSR count). The van der Waals surface area contributed by atoms with Gasteiger partial charge in [0.2, 0.25) is 5.91 Å². The van der Waals surface area contributed by atoms with E-state index >= 15 is 0 Å². The van der Waals surface area contributed by atoms with E-state index in [1.165, 1.54) is 7.11 Å². The zero-order valence-electron chi connectivity index (χ0n) is 24.3. The summed E-state index contributed by atoms with van der Waals surface area (Å²) in [4.78, 5) is 34.5. The van der Waals surface area contributed by atoms with Crippen molar-refractivity contribution in [3.05, 3.63) is 89.6 Å². The van der Waals surface area contributed by atoms with Crippen LogP contribution < -0.4 is 14.2 Å². The van der Waals surface area contributed by atoms with Crippen LogP contribution in [0.1, 0.15) is 41.3 Å². The summed E-state index contributed by atoms with van der Waals surface area (Å²) in [5.74, 6) is 1.34. The number of H-pyrrole nitrogens is 1. The Hall–Kier alpha value is -4.46. The molecule has 3 aromatic carbocycles. The van der Waals surface area contributed by atoms with Crippen molar-refractivity contribution in [1.29, 1.82) is 0 Å². The van der Waals surface area contributed by atoms with E-state index in [4.69, 9.17) is 14.2 Å². The molecule has 0 atom stereocenters. The lowest BCUT2D eigenvalue weighted by molar-refractivity contribution is -0.132. The molecule has 8 nitrogen and oxygen atoms in total. The molecule has 0 saturated carbocycles. The van der Waals surface area contributed by atoms with Gasteiger partial charge in [0, 0.05) is 48.4 Å². The van der Waals surface area contributed by atoms with Crippen molar-refractivity contribution >= 4 is 22.7 Å². The maximum absolute atomic E-state index is 14.0. The standard InChI is InChI=1S/C33H39N3O5/c1-5-6-18-36(33(38)28-16-15-26(39-2)20-31(28)41-4)23-32(37)35(22-25-11-7-10-14-30(25)40-3)19-17-24-21-34-29-13-9-8-12-27(24)29/h7-16,20-21,34H,5-6,17-19,22-23H2,1-4H3. The predicted molar refractivity (Wildman–Crippen MR) is 161 cm³/mol. The van der Waals surface area contributed by atoms with Gasteiger partial charge in [0.1, 0.15) is 23.8 Å². The molecule has 0 aliphatic carbocycles. The van der Waals surface area contributed by atoms with Crippen LogP contribution in [0.3, 0.4) is 0 Å². The Balaban J connectivity index is 1.60. The summed E-state index contributed by atoms with van der Waals surface area (Å²) in [6.07, 6.45) is 4.34. The van der Waals surface area contributed by atoms with Crippen molar-refractivity contribution in [3.63, 3.8) is 0 Å². The number of aromatic nitrogens is 1. The summed E-state index contributed by atoms with van der Waals surface area (Å²) in [7, 11) is 4.71. The number of fused-ring (bicyclic) bond motifs is 1. The van der Waals surface area contributed by atoms with Crippen molar-refractivity contribution in [3.8, 4) is 17.2 Å². The number of carbonyl (C=O) groups excluding carboxylic acids is 2. The Morgan fingerprint density at radius 3 is 2.32 bits per heavy atom. The molecule has 0 radical (unpaired) electrons. The molecule has 0 saturated heterocycles. The molecule has 2 amide bonds. The molecule has 1 heterocycles. The minimum absolute atomic E-state index is 0.0446. The Bertz CT molecular complexity index is 1460. The van der Waals surface area contributed by atoms with Crippen LogP contribution in [0.5, 0.6) is 17.2 Å². The number of amides is 2. The monoisotopic (exact) mass is 557 g/mol. The summed E-state index contributed by atoms with van der Waals surface area (Å²) >= 11 is 0. The maximum atomic E-state index is 14.0. The van der Waals surface area contributed by atoms with E-state index < -0.39 is 0 Å². The quantitative estimate of drug-likeness (QED) is 0.215. The topological polar surface area (TPSA) is 84.1 Å². The number of carbonyl (C=O) groups is 2. The van der Waals surface area contributed by atoms with Crippen molar-refractivity contribution < 1.29 is 23.8 Å². The molecule has 1 N–H and O–H groups in total. The molecule has 41 heavy (non-hydrogen) atoms. The number of rotatable bonds is 14. The lowest BCUT2D eigenvalue weighted by atomic mass is 10.1. The van der Waals surface area contributed by atoms with Gasteiger partial charge in [-0.25, -0.2) is 0 Å².